The number of halogens is 4. The lowest BCUT2D eigenvalue weighted by molar-refractivity contribution is -0.129. The Morgan fingerprint density at radius 1 is 1.17 bits per heavy atom. The van der Waals surface area contributed by atoms with Gasteiger partial charge in [0, 0.05) is 39.9 Å². The third-order valence-electron chi connectivity index (χ3n) is 7.44. The topological polar surface area (TPSA) is 89.8 Å². The van der Waals surface area contributed by atoms with E-state index < -0.39 is 40.7 Å². The number of thioether (sulfide) groups is 1. The Morgan fingerprint density at radius 3 is 2.31 bits per heavy atom. The third-order valence-corrected chi connectivity index (χ3v) is 9.19. The number of fused-ring (bicyclic) bond motifs is 2. The number of benzene rings is 2. The van der Waals surface area contributed by atoms with Gasteiger partial charge in [-0.15, -0.1) is 11.8 Å². The Hall–Kier alpha value is -1.78. The van der Waals surface area contributed by atoms with Crippen molar-refractivity contribution < 1.29 is 33.3 Å². The summed E-state index contributed by atoms with van der Waals surface area (Å²) < 4.78 is 40.2. The van der Waals surface area contributed by atoms with E-state index in [1.165, 1.54) is 31.7 Å². The van der Waals surface area contributed by atoms with Gasteiger partial charge in [0.1, 0.15) is 0 Å². The standard InChI is InChI=1S/C26H29ClF3NO4S/c1-25(2,34)22(32)12-26(35)14-4-5-15(26)9-17(8-14)36-21-7-13(3-6-18(21)27)24(33)31-16-10-19(28)23(30)20(29)11-16/h3,6-7,10-11,14-15,17,22,32,34-35H,4-5,8-9,12H2,1-2H3,(H,31,33)/t14-,15?,17?,22?,26?/m0/s1. The molecule has 2 aliphatic carbocycles. The second-order valence-corrected chi connectivity index (χ2v) is 12.1. The molecule has 2 aliphatic rings. The van der Waals surface area contributed by atoms with Crippen molar-refractivity contribution >= 4 is 35.0 Å². The first-order chi connectivity index (χ1) is 16.8. The average molecular weight is 544 g/mol. The maximum absolute atomic E-state index is 13.5. The predicted molar refractivity (Wildman–Crippen MR) is 133 cm³/mol. The second kappa shape index (κ2) is 10.2. The number of hydrogen-bond donors (Lipinski definition) is 4. The first-order valence-electron chi connectivity index (χ1n) is 11.8. The molecule has 0 radical (unpaired) electrons. The van der Waals surface area contributed by atoms with Crippen LogP contribution >= 0.6 is 23.4 Å². The van der Waals surface area contributed by atoms with E-state index in [0.29, 0.717) is 34.9 Å². The summed E-state index contributed by atoms with van der Waals surface area (Å²) in [5.74, 6) is -5.10. The van der Waals surface area contributed by atoms with Crippen molar-refractivity contribution in [1.82, 2.24) is 0 Å². The molecule has 2 fully saturated rings. The van der Waals surface area contributed by atoms with Gasteiger partial charge >= 0.3 is 0 Å². The molecule has 5 atom stereocenters. The van der Waals surface area contributed by atoms with Gasteiger partial charge in [-0.25, -0.2) is 13.2 Å². The fraction of sp³-hybridized carbons (Fsp3) is 0.500. The van der Waals surface area contributed by atoms with Crippen molar-refractivity contribution in [2.45, 2.75) is 73.4 Å². The Bertz CT molecular complexity index is 1120. The minimum Gasteiger partial charge on any atom is -0.390 e. The molecule has 4 N–H and O–H groups in total. The number of aliphatic hydroxyl groups is 3. The minimum atomic E-state index is -1.61. The maximum atomic E-state index is 13.5. The van der Waals surface area contributed by atoms with Crippen molar-refractivity contribution in [3.8, 4) is 0 Å². The first kappa shape index (κ1) is 27.3. The zero-order valence-corrected chi connectivity index (χ0v) is 21.5. The molecule has 196 valence electrons. The van der Waals surface area contributed by atoms with E-state index in [0.717, 1.165) is 12.8 Å². The molecule has 4 unspecified atom stereocenters. The van der Waals surface area contributed by atoms with Crippen LogP contribution in [-0.4, -0.2) is 43.8 Å². The van der Waals surface area contributed by atoms with E-state index in [2.05, 4.69) is 5.32 Å². The third kappa shape index (κ3) is 5.55. The zero-order chi connectivity index (χ0) is 26.4. The summed E-state index contributed by atoms with van der Waals surface area (Å²) in [6.07, 6.45) is 2.12. The van der Waals surface area contributed by atoms with Crippen molar-refractivity contribution in [3.05, 3.63) is 58.4 Å². The molecular formula is C26H29ClF3NO4S. The molecule has 2 saturated carbocycles. The highest BCUT2D eigenvalue weighted by molar-refractivity contribution is 8.00. The number of hydrogen-bond acceptors (Lipinski definition) is 5. The van der Waals surface area contributed by atoms with E-state index in [1.54, 1.807) is 12.1 Å². The van der Waals surface area contributed by atoms with Gasteiger partial charge in [-0.1, -0.05) is 11.6 Å². The quantitative estimate of drug-likeness (QED) is 0.344. The van der Waals surface area contributed by atoms with Gasteiger partial charge in [0.15, 0.2) is 17.5 Å². The van der Waals surface area contributed by atoms with Crippen LogP contribution in [0.4, 0.5) is 18.9 Å². The lowest BCUT2D eigenvalue weighted by atomic mass is 9.70. The van der Waals surface area contributed by atoms with Gasteiger partial charge < -0.3 is 20.6 Å². The van der Waals surface area contributed by atoms with Crippen LogP contribution in [0.2, 0.25) is 5.02 Å². The number of anilines is 1. The number of aliphatic hydroxyl groups excluding tert-OH is 1. The van der Waals surface area contributed by atoms with Crippen LogP contribution in [0, 0.1) is 29.3 Å². The monoisotopic (exact) mass is 543 g/mol. The van der Waals surface area contributed by atoms with Crippen LogP contribution < -0.4 is 5.32 Å². The van der Waals surface area contributed by atoms with E-state index in [-0.39, 0.29) is 34.8 Å². The summed E-state index contributed by atoms with van der Waals surface area (Å²) in [4.78, 5) is 13.3. The molecule has 0 saturated heterocycles. The van der Waals surface area contributed by atoms with Crippen LogP contribution in [0.25, 0.3) is 0 Å². The summed E-state index contributed by atoms with van der Waals surface area (Å²) in [6.45, 7) is 3.05. The molecule has 2 aromatic rings. The Morgan fingerprint density at radius 2 is 1.75 bits per heavy atom. The van der Waals surface area contributed by atoms with Gasteiger partial charge in [0.05, 0.1) is 22.3 Å². The summed E-state index contributed by atoms with van der Waals surface area (Å²) >= 11 is 7.90. The normalized spacial score (nSPS) is 26.6. The highest BCUT2D eigenvalue weighted by atomic mass is 35.5. The molecule has 0 heterocycles. The predicted octanol–water partition coefficient (Wildman–Crippen LogP) is 5.54. The minimum absolute atomic E-state index is 0.0284. The van der Waals surface area contributed by atoms with Crippen molar-refractivity contribution in [3.63, 3.8) is 0 Å². The number of rotatable bonds is 7. The summed E-state index contributed by atoms with van der Waals surface area (Å²) in [7, 11) is 0. The van der Waals surface area contributed by atoms with Crippen LogP contribution in [-0.2, 0) is 0 Å². The van der Waals surface area contributed by atoms with E-state index >= 15 is 0 Å². The second-order valence-electron chi connectivity index (χ2n) is 10.4. The summed E-state index contributed by atoms with van der Waals surface area (Å²) in [5, 5.41) is 34.9. The van der Waals surface area contributed by atoms with Crippen LogP contribution in [0.15, 0.2) is 35.2 Å². The van der Waals surface area contributed by atoms with Gasteiger partial charge in [0.2, 0.25) is 0 Å². The molecule has 5 nitrogen and oxygen atoms in total. The zero-order valence-electron chi connectivity index (χ0n) is 19.9. The fourth-order valence-corrected chi connectivity index (χ4v) is 6.99. The van der Waals surface area contributed by atoms with Crippen LogP contribution in [0.1, 0.15) is 56.3 Å². The first-order valence-corrected chi connectivity index (χ1v) is 13.1. The molecular weight excluding hydrogens is 515 g/mol. The maximum Gasteiger partial charge on any atom is 0.255 e. The summed E-state index contributed by atoms with van der Waals surface area (Å²) in [6, 6.07) is 6.06. The molecule has 10 heteroatoms. The Kier molecular flexibility index (Phi) is 7.70. The van der Waals surface area contributed by atoms with Gasteiger partial charge in [-0.2, -0.15) is 0 Å². The largest absolute Gasteiger partial charge is 0.390 e. The van der Waals surface area contributed by atoms with E-state index in [1.807, 2.05) is 0 Å². The smallest absolute Gasteiger partial charge is 0.255 e. The van der Waals surface area contributed by atoms with E-state index in [4.69, 9.17) is 11.6 Å². The lowest BCUT2D eigenvalue weighted by Gasteiger charge is -2.45. The van der Waals surface area contributed by atoms with Crippen LogP contribution in [0.3, 0.4) is 0 Å². The molecule has 4 rings (SSSR count). The van der Waals surface area contributed by atoms with Gasteiger partial charge in [-0.05, 0) is 69.6 Å². The van der Waals surface area contributed by atoms with Crippen molar-refractivity contribution in [2.75, 3.05) is 5.32 Å². The fourth-order valence-electron chi connectivity index (χ4n) is 5.34. The highest BCUT2D eigenvalue weighted by Crippen LogP contribution is 2.55. The Balaban J connectivity index is 1.45. The van der Waals surface area contributed by atoms with Crippen molar-refractivity contribution in [1.29, 1.82) is 0 Å². The number of carbonyl (C=O) groups is 1. The van der Waals surface area contributed by atoms with Gasteiger partial charge in [0.25, 0.3) is 5.91 Å². The molecule has 0 aromatic heterocycles. The molecule has 2 bridgehead atoms. The SMILES string of the molecule is CC(C)(O)C(O)CC1(O)C2CC[C@H]1CC(Sc1cc(C(=O)Nc3cc(F)c(F)c(F)c3)ccc1Cl)C2. The highest BCUT2D eigenvalue weighted by Gasteiger charge is 2.54. The molecule has 0 aliphatic heterocycles. The molecule has 0 spiro atoms. The summed E-state index contributed by atoms with van der Waals surface area (Å²) in [5.41, 5.74) is -2.34. The van der Waals surface area contributed by atoms with Crippen LogP contribution in [0.5, 0.6) is 0 Å². The Labute approximate surface area is 217 Å². The number of amides is 1. The molecule has 2 aromatic carbocycles. The van der Waals surface area contributed by atoms with Crippen molar-refractivity contribution in [2.24, 2.45) is 11.8 Å². The number of carbonyl (C=O) groups excluding carboxylic acids is 1. The van der Waals surface area contributed by atoms with Gasteiger partial charge in [-0.3, -0.25) is 4.79 Å². The lowest BCUT2D eigenvalue weighted by Crippen LogP contribution is -2.51. The van der Waals surface area contributed by atoms with E-state index in [9.17, 15) is 33.3 Å². The average Bonchev–Trinajstić information content (AvgIpc) is 2.95. The molecule has 1 amide bonds. The number of nitrogens with one attached hydrogen (secondary N) is 1. The molecule has 36 heavy (non-hydrogen) atoms.